The molecule has 0 radical (unpaired) electrons. The van der Waals surface area contributed by atoms with E-state index in [0.29, 0.717) is 11.3 Å². The van der Waals surface area contributed by atoms with Crippen LogP contribution >= 0.6 is 15.9 Å². The van der Waals surface area contributed by atoms with E-state index in [9.17, 15) is 4.79 Å². The maximum Gasteiger partial charge on any atom is 0.151 e. The minimum Gasteiger partial charge on any atom is -0.496 e. The summed E-state index contributed by atoms with van der Waals surface area (Å²) >= 11 is 3.30. The number of carbonyl (C=O) groups is 1. The predicted molar refractivity (Wildman–Crippen MR) is 50.8 cm³/mol. The van der Waals surface area contributed by atoms with Crippen molar-refractivity contribution >= 4 is 22.2 Å². The van der Waals surface area contributed by atoms with Crippen molar-refractivity contribution in [2.75, 3.05) is 7.11 Å². The van der Waals surface area contributed by atoms with E-state index >= 15 is 0 Å². The van der Waals surface area contributed by atoms with Crippen molar-refractivity contribution in [3.8, 4) is 5.75 Å². The van der Waals surface area contributed by atoms with Gasteiger partial charge in [0.15, 0.2) is 6.29 Å². The summed E-state index contributed by atoms with van der Waals surface area (Å²) in [5.74, 6) is 0.683. The summed E-state index contributed by atoms with van der Waals surface area (Å²) in [5, 5.41) is 0. The summed E-state index contributed by atoms with van der Waals surface area (Å²) in [6.45, 7) is 1.88. The van der Waals surface area contributed by atoms with Crippen LogP contribution in [-0.2, 0) is 0 Å². The highest BCUT2D eigenvalue weighted by Crippen LogP contribution is 2.29. The number of aryl methyl sites for hydroxylation is 1. The van der Waals surface area contributed by atoms with Crippen LogP contribution in [0.4, 0.5) is 0 Å². The standard InChI is InChI=1S/C9H9BrO2/c1-6-3-4-8(12-2)9(10)7(6)5-11/h3-5H,1-2H3. The van der Waals surface area contributed by atoms with Gasteiger partial charge < -0.3 is 4.74 Å². The molecular weight excluding hydrogens is 220 g/mol. The van der Waals surface area contributed by atoms with Crippen LogP contribution in [0.5, 0.6) is 5.75 Å². The minimum absolute atomic E-state index is 0.648. The Bertz CT molecular complexity index is 308. The van der Waals surface area contributed by atoms with Crippen molar-refractivity contribution in [1.82, 2.24) is 0 Å². The van der Waals surface area contributed by atoms with Gasteiger partial charge in [0, 0.05) is 5.56 Å². The number of carbonyl (C=O) groups excluding carboxylic acids is 1. The van der Waals surface area contributed by atoms with E-state index in [0.717, 1.165) is 16.3 Å². The lowest BCUT2D eigenvalue weighted by Crippen LogP contribution is -1.92. The lowest BCUT2D eigenvalue weighted by molar-refractivity contribution is 0.112. The van der Waals surface area contributed by atoms with E-state index in [-0.39, 0.29) is 0 Å². The van der Waals surface area contributed by atoms with Gasteiger partial charge in [-0.25, -0.2) is 0 Å². The number of ether oxygens (including phenoxy) is 1. The molecule has 64 valence electrons. The Balaban J connectivity index is 3.33. The SMILES string of the molecule is COc1ccc(C)c(C=O)c1Br. The molecule has 0 heterocycles. The van der Waals surface area contributed by atoms with Crippen molar-refractivity contribution in [2.24, 2.45) is 0 Å². The number of halogens is 1. The van der Waals surface area contributed by atoms with E-state index < -0.39 is 0 Å². The highest BCUT2D eigenvalue weighted by atomic mass is 79.9. The number of hydrogen-bond donors (Lipinski definition) is 0. The second-order valence-electron chi connectivity index (χ2n) is 2.43. The summed E-state index contributed by atoms with van der Waals surface area (Å²) < 4.78 is 5.76. The van der Waals surface area contributed by atoms with Gasteiger partial charge in [0.2, 0.25) is 0 Å². The fraction of sp³-hybridized carbons (Fsp3) is 0.222. The first-order chi connectivity index (χ1) is 5.70. The number of aldehydes is 1. The van der Waals surface area contributed by atoms with Gasteiger partial charge in [-0.3, -0.25) is 4.79 Å². The molecule has 0 amide bonds. The molecule has 0 aliphatic heterocycles. The summed E-state index contributed by atoms with van der Waals surface area (Å²) in [4.78, 5) is 10.6. The largest absolute Gasteiger partial charge is 0.496 e. The Morgan fingerprint density at radius 3 is 2.67 bits per heavy atom. The molecule has 12 heavy (non-hydrogen) atoms. The molecule has 1 aromatic rings. The first-order valence-electron chi connectivity index (χ1n) is 3.49. The van der Waals surface area contributed by atoms with Crippen LogP contribution in [0.1, 0.15) is 15.9 Å². The summed E-state index contributed by atoms with van der Waals surface area (Å²) in [6.07, 6.45) is 0.821. The third-order valence-corrected chi connectivity index (χ3v) is 2.52. The predicted octanol–water partition coefficient (Wildman–Crippen LogP) is 2.58. The molecule has 0 aliphatic rings. The molecule has 0 fully saturated rings. The number of benzene rings is 1. The zero-order valence-corrected chi connectivity index (χ0v) is 8.51. The first-order valence-corrected chi connectivity index (χ1v) is 4.28. The summed E-state index contributed by atoms with van der Waals surface area (Å²) in [7, 11) is 1.57. The van der Waals surface area contributed by atoms with Crippen LogP contribution in [0, 0.1) is 6.92 Å². The van der Waals surface area contributed by atoms with E-state index in [4.69, 9.17) is 4.74 Å². The average Bonchev–Trinajstić information content (AvgIpc) is 2.06. The zero-order chi connectivity index (χ0) is 9.14. The van der Waals surface area contributed by atoms with Crippen molar-refractivity contribution in [1.29, 1.82) is 0 Å². The quantitative estimate of drug-likeness (QED) is 0.728. The maximum atomic E-state index is 10.6. The molecule has 0 aromatic heterocycles. The second kappa shape index (κ2) is 3.72. The number of hydrogen-bond acceptors (Lipinski definition) is 2. The topological polar surface area (TPSA) is 26.3 Å². The average molecular weight is 229 g/mol. The molecule has 0 bridgehead atoms. The Morgan fingerprint density at radius 1 is 1.50 bits per heavy atom. The molecule has 2 nitrogen and oxygen atoms in total. The van der Waals surface area contributed by atoms with Crippen LogP contribution in [0.2, 0.25) is 0 Å². The monoisotopic (exact) mass is 228 g/mol. The van der Waals surface area contributed by atoms with Gasteiger partial charge in [-0.1, -0.05) is 6.07 Å². The van der Waals surface area contributed by atoms with Crippen molar-refractivity contribution in [2.45, 2.75) is 6.92 Å². The smallest absolute Gasteiger partial charge is 0.151 e. The van der Waals surface area contributed by atoms with E-state index in [1.165, 1.54) is 0 Å². The van der Waals surface area contributed by atoms with Crippen LogP contribution < -0.4 is 4.74 Å². The molecule has 1 aromatic carbocycles. The Kier molecular flexibility index (Phi) is 2.87. The fourth-order valence-electron chi connectivity index (χ4n) is 0.972. The van der Waals surface area contributed by atoms with E-state index in [1.54, 1.807) is 7.11 Å². The third kappa shape index (κ3) is 1.50. The molecule has 3 heteroatoms. The Hall–Kier alpha value is -0.830. The normalized spacial score (nSPS) is 9.58. The molecule has 0 saturated carbocycles. The maximum absolute atomic E-state index is 10.6. The van der Waals surface area contributed by atoms with Crippen LogP contribution in [-0.4, -0.2) is 13.4 Å². The molecule has 0 aliphatic carbocycles. The third-order valence-electron chi connectivity index (χ3n) is 1.70. The van der Waals surface area contributed by atoms with E-state index in [2.05, 4.69) is 15.9 Å². The Morgan fingerprint density at radius 2 is 2.17 bits per heavy atom. The molecule has 0 atom stereocenters. The van der Waals surface area contributed by atoms with Gasteiger partial charge in [-0.15, -0.1) is 0 Å². The lowest BCUT2D eigenvalue weighted by Gasteiger charge is -2.06. The summed E-state index contributed by atoms with van der Waals surface area (Å²) in [5.41, 5.74) is 1.59. The molecular formula is C9H9BrO2. The van der Waals surface area contributed by atoms with Gasteiger partial charge in [0.25, 0.3) is 0 Å². The van der Waals surface area contributed by atoms with Crippen molar-refractivity contribution in [3.05, 3.63) is 27.7 Å². The van der Waals surface area contributed by atoms with Crippen molar-refractivity contribution < 1.29 is 9.53 Å². The molecule has 0 N–H and O–H groups in total. The van der Waals surface area contributed by atoms with Crippen LogP contribution in [0.25, 0.3) is 0 Å². The van der Waals surface area contributed by atoms with Gasteiger partial charge in [-0.2, -0.15) is 0 Å². The van der Waals surface area contributed by atoms with Gasteiger partial charge in [0.05, 0.1) is 11.6 Å². The van der Waals surface area contributed by atoms with Gasteiger partial charge >= 0.3 is 0 Å². The molecule has 1 rings (SSSR count). The van der Waals surface area contributed by atoms with E-state index in [1.807, 2.05) is 19.1 Å². The highest BCUT2D eigenvalue weighted by Gasteiger charge is 2.07. The van der Waals surface area contributed by atoms with Gasteiger partial charge in [-0.05, 0) is 34.5 Å². The summed E-state index contributed by atoms with van der Waals surface area (Å²) in [6, 6.07) is 3.68. The highest BCUT2D eigenvalue weighted by molar-refractivity contribution is 9.10. The van der Waals surface area contributed by atoms with Crippen LogP contribution in [0.3, 0.4) is 0 Å². The lowest BCUT2D eigenvalue weighted by atomic mass is 10.1. The zero-order valence-electron chi connectivity index (χ0n) is 6.93. The molecule has 0 unspecified atom stereocenters. The molecule has 0 saturated heterocycles. The molecule has 0 spiro atoms. The number of rotatable bonds is 2. The van der Waals surface area contributed by atoms with Gasteiger partial charge in [0.1, 0.15) is 5.75 Å². The van der Waals surface area contributed by atoms with Crippen LogP contribution in [0.15, 0.2) is 16.6 Å². The second-order valence-corrected chi connectivity index (χ2v) is 3.22. The Labute approximate surface area is 79.7 Å². The van der Waals surface area contributed by atoms with Crippen molar-refractivity contribution in [3.63, 3.8) is 0 Å². The fourth-order valence-corrected chi connectivity index (χ4v) is 1.67. The first kappa shape index (κ1) is 9.26. The number of methoxy groups -OCH3 is 1. The minimum atomic E-state index is 0.648.